The Bertz CT molecular complexity index is 529. The lowest BCUT2D eigenvalue weighted by Gasteiger charge is -2.34. The average Bonchev–Trinajstić information content (AvgIpc) is 3.20. The fourth-order valence-corrected chi connectivity index (χ4v) is 6.17. The number of aliphatic carboxylic acids is 1. The number of thioether (sulfide) groups is 1. The van der Waals surface area contributed by atoms with Crippen LogP contribution in [0.2, 0.25) is 0 Å². The van der Waals surface area contributed by atoms with E-state index in [2.05, 4.69) is 16.0 Å². The molecule has 7 nitrogen and oxygen atoms in total. The van der Waals surface area contributed by atoms with Gasteiger partial charge in [0, 0.05) is 23.5 Å². The minimum atomic E-state index is -0.771. The average molecular weight is 355 g/mol. The molecule has 0 aromatic heterocycles. The van der Waals surface area contributed by atoms with E-state index in [4.69, 9.17) is 5.11 Å². The van der Waals surface area contributed by atoms with E-state index in [1.54, 1.807) is 0 Å². The van der Waals surface area contributed by atoms with Gasteiger partial charge in [0.05, 0.1) is 18.0 Å². The van der Waals surface area contributed by atoms with Gasteiger partial charge in [0.15, 0.2) is 0 Å². The molecule has 3 rings (SSSR count). The summed E-state index contributed by atoms with van der Waals surface area (Å²) >= 11 is 1.83. The van der Waals surface area contributed by atoms with E-state index in [9.17, 15) is 14.4 Å². The predicted octanol–water partition coefficient (Wildman–Crippen LogP) is 1.08. The zero-order valence-corrected chi connectivity index (χ0v) is 14.5. The molecule has 1 aliphatic carbocycles. The highest BCUT2D eigenvalue weighted by Gasteiger charge is 2.60. The van der Waals surface area contributed by atoms with Crippen molar-refractivity contribution in [1.82, 2.24) is 16.0 Å². The number of carbonyl (C=O) groups is 3. The van der Waals surface area contributed by atoms with Crippen LogP contribution in [-0.4, -0.2) is 52.1 Å². The summed E-state index contributed by atoms with van der Waals surface area (Å²) in [6.45, 7) is 0.592. The first kappa shape index (κ1) is 17.4. The van der Waals surface area contributed by atoms with Gasteiger partial charge < -0.3 is 21.1 Å². The van der Waals surface area contributed by atoms with Crippen LogP contribution in [0.25, 0.3) is 0 Å². The molecule has 0 aromatic carbocycles. The van der Waals surface area contributed by atoms with Gasteiger partial charge >= 0.3 is 12.0 Å². The number of carbonyl (C=O) groups excluding carboxylic acids is 2. The first-order chi connectivity index (χ1) is 11.5. The number of carboxylic acids is 1. The molecule has 3 fully saturated rings. The van der Waals surface area contributed by atoms with E-state index >= 15 is 0 Å². The lowest BCUT2D eigenvalue weighted by Crippen LogP contribution is -2.53. The van der Waals surface area contributed by atoms with Crippen molar-refractivity contribution in [3.05, 3.63) is 0 Å². The Morgan fingerprint density at radius 2 is 2.12 bits per heavy atom. The fourth-order valence-electron chi connectivity index (χ4n) is 4.28. The Morgan fingerprint density at radius 3 is 2.92 bits per heavy atom. The number of hydrogen-bond donors (Lipinski definition) is 4. The monoisotopic (exact) mass is 355 g/mol. The molecule has 3 aliphatic rings. The van der Waals surface area contributed by atoms with E-state index in [0.717, 1.165) is 37.9 Å². The van der Waals surface area contributed by atoms with Crippen molar-refractivity contribution in [2.75, 3.05) is 12.3 Å². The fraction of sp³-hybridized carbons (Fsp3) is 0.812. The summed E-state index contributed by atoms with van der Waals surface area (Å²) in [5, 5.41) is 17.6. The van der Waals surface area contributed by atoms with E-state index < -0.39 is 5.97 Å². The van der Waals surface area contributed by atoms with Crippen molar-refractivity contribution in [3.63, 3.8) is 0 Å². The van der Waals surface area contributed by atoms with Gasteiger partial charge in [0.1, 0.15) is 0 Å². The largest absolute Gasteiger partial charge is 0.481 e. The summed E-state index contributed by atoms with van der Waals surface area (Å²) in [7, 11) is 0. The number of unbranched alkanes of at least 4 members (excludes halogenated alkanes) is 2. The third kappa shape index (κ3) is 3.34. The third-order valence-electron chi connectivity index (χ3n) is 5.40. The second-order valence-electron chi connectivity index (χ2n) is 6.91. The first-order valence-corrected chi connectivity index (χ1v) is 9.72. The van der Waals surface area contributed by atoms with Crippen LogP contribution in [0.5, 0.6) is 0 Å². The Labute approximate surface area is 145 Å². The van der Waals surface area contributed by atoms with Crippen molar-refractivity contribution in [1.29, 1.82) is 0 Å². The van der Waals surface area contributed by atoms with Gasteiger partial charge in [-0.05, 0) is 25.7 Å². The van der Waals surface area contributed by atoms with E-state index in [-0.39, 0.29) is 41.1 Å². The summed E-state index contributed by atoms with van der Waals surface area (Å²) in [5.41, 5.74) is 0. The number of fused-ring (bicyclic) bond motifs is 2. The molecule has 4 N–H and O–H groups in total. The van der Waals surface area contributed by atoms with Gasteiger partial charge in [-0.3, -0.25) is 9.59 Å². The topological polar surface area (TPSA) is 108 Å². The quantitative estimate of drug-likeness (QED) is 0.404. The molecular formula is C16H25N3O4S. The maximum atomic E-state index is 12.7. The molecule has 8 heteroatoms. The Balaban J connectivity index is 1.49. The van der Waals surface area contributed by atoms with Crippen LogP contribution in [0, 0.1) is 5.92 Å². The van der Waals surface area contributed by atoms with Crippen molar-refractivity contribution in [2.24, 2.45) is 5.92 Å². The van der Waals surface area contributed by atoms with Crippen LogP contribution in [0.3, 0.4) is 0 Å². The number of rotatable bonds is 7. The zero-order valence-electron chi connectivity index (χ0n) is 13.7. The Hall–Kier alpha value is -1.44. The molecule has 24 heavy (non-hydrogen) atoms. The van der Waals surface area contributed by atoms with Crippen molar-refractivity contribution in [2.45, 2.75) is 61.8 Å². The first-order valence-electron chi connectivity index (χ1n) is 8.73. The SMILES string of the molecule is O=C(O)CCCCCNC(=O)C1CCCC12SC[C@@H]1NC(=O)N[C@@H]12. The second-order valence-corrected chi connectivity index (χ2v) is 8.29. The lowest BCUT2D eigenvalue weighted by atomic mass is 9.85. The second kappa shape index (κ2) is 7.21. The number of hydrogen-bond acceptors (Lipinski definition) is 4. The van der Waals surface area contributed by atoms with Crippen LogP contribution >= 0.6 is 11.8 Å². The van der Waals surface area contributed by atoms with Crippen LogP contribution < -0.4 is 16.0 Å². The third-order valence-corrected chi connectivity index (χ3v) is 7.20. The van der Waals surface area contributed by atoms with Gasteiger partial charge in [0.25, 0.3) is 0 Å². The summed E-state index contributed by atoms with van der Waals surface area (Å²) in [6, 6.07) is 0.0601. The summed E-state index contributed by atoms with van der Waals surface area (Å²) < 4.78 is -0.169. The number of nitrogens with one attached hydrogen (secondary N) is 3. The van der Waals surface area contributed by atoms with Crippen LogP contribution in [0.4, 0.5) is 4.79 Å². The standard InChI is InChI=1S/C16H25N3O4S/c20-12(21)6-2-1-3-8-17-14(22)10-5-4-7-16(10)13-11(9-24-16)18-15(23)19-13/h10-11,13H,1-9H2,(H,17,22)(H,20,21)(H2,18,19,23)/t10?,11-,13-,16?/m0/s1. The minimum Gasteiger partial charge on any atom is -0.481 e. The summed E-state index contributed by atoms with van der Waals surface area (Å²) in [6.07, 6.45) is 5.30. The maximum Gasteiger partial charge on any atom is 0.315 e. The molecule has 3 amide bonds. The van der Waals surface area contributed by atoms with Gasteiger partial charge in [0.2, 0.25) is 5.91 Å². The number of carboxylic acid groups (broad SMARTS) is 1. The number of amides is 3. The molecule has 0 radical (unpaired) electrons. The van der Waals surface area contributed by atoms with E-state index in [0.29, 0.717) is 13.0 Å². The van der Waals surface area contributed by atoms with Gasteiger partial charge in [-0.2, -0.15) is 0 Å². The van der Waals surface area contributed by atoms with Crippen molar-refractivity contribution < 1.29 is 19.5 Å². The van der Waals surface area contributed by atoms with Crippen LogP contribution in [-0.2, 0) is 9.59 Å². The molecule has 0 aromatic rings. The highest BCUT2D eigenvalue weighted by molar-refractivity contribution is 8.01. The van der Waals surface area contributed by atoms with E-state index in [1.807, 2.05) is 11.8 Å². The molecule has 1 spiro atoms. The van der Waals surface area contributed by atoms with Crippen molar-refractivity contribution >= 4 is 29.7 Å². The highest BCUT2D eigenvalue weighted by Crippen LogP contribution is 2.54. The molecule has 2 saturated heterocycles. The predicted molar refractivity (Wildman–Crippen MR) is 90.9 cm³/mol. The Kier molecular flexibility index (Phi) is 5.22. The normalized spacial score (nSPS) is 34.0. The molecule has 1 saturated carbocycles. The highest BCUT2D eigenvalue weighted by atomic mass is 32.2. The summed E-state index contributed by atoms with van der Waals surface area (Å²) in [5.74, 6) is 0.117. The maximum absolute atomic E-state index is 12.7. The molecular weight excluding hydrogens is 330 g/mol. The molecule has 4 atom stereocenters. The van der Waals surface area contributed by atoms with Gasteiger partial charge in [-0.1, -0.05) is 12.8 Å². The molecule has 2 heterocycles. The molecule has 2 aliphatic heterocycles. The smallest absolute Gasteiger partial charge is 0.315 e. The molecule has 2 unspecified atom stereocenters. The van der Waals surface area contributed by atoms with Gasteiger partial charge in [-0.25, -0.2) is 4.79 Å². The summed E-state index contributed by atoms with van der Waals surface area (Å²) in [4.78, 5) is 34.8. The molecule has 0 bridgehead atoms. The van der Waals surface area contributed by atoms with Gasteiger partial charge in [-0.15, -0.1) is 11.8 Å². The van der Waals surface area contributed by atoms with E-state index in [1.165, 1.54) is 0 Å². The van der Waals surface area contributed by atoms with Crippen molar-refractivity contribution in [3.8, 4) is 0 Å². The minimum absolute atomic E-state index is 0.0452. The number of urea groups is 1. The Morgan fingerprint density at radius 1 is 1.29 bits per heavy atom. The van der Waals surface area contributed by atoms with Crippen LogP contribution in [0.1, 0.15) is 44.9 Å². The zero-order chi connectivity index (χ0) is 17.2. The lowest BCUT2D eigenvalue weighted by molar-refractivity contribution is -0.137. The van der Waals surface area contributed by atoms with Crippen LogP contribution in [0.15, 0.2) is 0 Å². The molecule has 134 valence electrons.